The van der Waals surface area contributed by atoms with Gasteiger partial charge in [-0.3, -0.25) is 0 Å². The third kappa shape index (κ3) is 1.49. The first-order chi connectivity index (χ1) is 6.31. The van der Waals surface area contributed by atoms with Crippen molar-refractivity contribution >= 4 is 6.29 Å². The van der Waals surface area contributed by atoms with E-state index in [0.717, 1.165) is 31.5 Å². The molecule has 1 aromatic heterocycles. The minimum Gasteiger partial charge on any atom is -0.327 e. The Balaban J connectivity index is 2.27. The molecule has 0 amide bonds. The zero-order valence-electron chi connectivity index (χ0n) is 7.73. The fourth-order valence-electron chi connectivity index (χ4n) is 1.74. The van der Waals surface area contributed by atoms with E-state index in [9.17, 15) is 4.79 Å². The summed E-state index contributed by atoms with van der Waals surface area (Å²) in [5.74, 6) is 0. The minimum atomic E-state index is 0.437. The van der Waals surface area contributed by atoms with Gasteiger partial charge in [-0.05, 0) is 7.05 Å². The first-order valence-corrected chi connectivity index (χ1v) is 4.46. The van der Waals surface area contributed by atoms with Gasteiger partial charge in [0.2, 0.25) is 0 Å². The van der Waals surface area contributed by atoms with Crippen LogP contribution in [0.1, 0.15) is 11.4 Å². The van der Waals surface area contributed by atoms with Crippen LogP contribution in [0.4, 0.5) is 0 Å². The molecule has 4 nitrogen and oxygen atoms in total. The number of nitrogens with zero attached hydrogens (tertiary/aromatic N) is 3. The zero-order chi connectivity index (χ0) is 9.26. The van der Waals surface area contributed by atoms with Crippen LogP contribution >= 0.6 is 0 Å². The van der Waals surface area contributed by atoms with Crippen LogP contribution in [0.5, 0.6) is 0 Å². The Hall–Kier alpha value is -1.16. The highest BCUT2D eigenvalue weighted by Gasteiger charge is 2.17. The number of carbonyl (C=O) groups excluding carboxylic acids is 1. The van der Waals surface area contributed by atoms with Crippen LogP contribution in [0.15, 0.2) is 6.33 Å². The summed E-state index contributed by atoms with van der Waals surface area (Å²) in [5, 5.41) is 0. The Morgan fingerprint density at radius 1 is 1.69 bits per heavy atom. The molecule has 70 valence electrons. The highest BCUT2D eigenvalue weighted by molar-refractivity contribution is 5.49. The molecule has 0 spiro atoms. The SMILES string of the molecule is CN1CCc2c(ncn2CC=O)C1. The van der Waals surface area contributed by atoms with Gasteiger partial charge in [-0.25, -0.2) is 4.98 Å². The predicted molar refractivity (Wildman–Crippen MR) is 48.3 cm³/mol. The second-order valence-corrected chi connectivity index (χ2v) is 3.44. The molecular formula is C9H13N3O. The quantitative estimate of drug-likeness (QED) is 0.603. The Bertz CT molecular complexity index is 319. The van der Waals surface area contributed by atoms with Gasteiger partial charge in [-0.15, -0.1) is 0 Å². The van der Waals surface area contributed by atoms with E-state index in [0.29, 0.717) is 6.54 Å². The fourth-order valence-corrected chi connectivity index (χ4v) is 1.74. The normalized spacial score (nSPS) is 17.0. The number of likely N-dealkylation sites (N-methyl/N-ethyl adjacent to an activating group) is 1. The standard InChI is InChI=1S/C9H13N3O/c1-11-3-2-9-8(6-11)10-7-12(9)4-5-13/h5,7H,2-4,6H2,1H3. The number of rotatable bonds is 2. The van der Waals surface area contributed by atoms with Gasteiger partial charge in [0.15, 0.2) is 0 Å². The van der Waals surface area contributed by atoms with E-state index in [-0.39, 0.29) is 0 Å². The summed E-state index contributed by atoms with van der Waals surface area (Å²) in [4.78, 5) is 16.9. The summed E-state index contributed by atoms with van der Waals surface area (Å²) in [7, 11) is 2.09. The van der Waals surface area contributed by atoms with Crippen molar-refractivity contribution in [3.8, 4) is 0 Å². The third-order valence-corrected chi connectivity index (χ3v) is 2.45. The maximum absolute atomic E-state index is 10.4. The molecule has 0 saturated heterocycles. The highest BCUT2D eigenvalue weighted by atomic mass is 16.1. The fraction of sp³-hybridized carbons (Fsp3) is 0.556. The first-order valence-electron chi connectivity index (χ1n) is 4.46. The van der Waals surface area contributed by atoms with Gasteiger partial charge in [0.25, 0.3) is 0 Å². The molecule has 4 heteroatoms. The second-order valence-electron chi connectivity index (χ2n) is 3.44. The summed E-state index contributed by atoms with van der Waals surface area (Å²) in [6, 6.07) is 0. The minimum absolute atomic E-state index is 0.437. The number of carbonyl (C=O) groups is 1. The van der Waals surface area contributed by atoms with E-state index in [1.54, 1.807) is 6.33 Å². The van der Waals surface area contributed by atoms with E-state index in [4.69, 9.17) is 0 Å². The lowest BCUT2D eigenvalue weighted by Crippen LogP contribution is -2.27. The van der Waals surface area contributed by atoms with E-state index in [1.807, 2.05) is 4.57 Å². The van der Waals surface area contributed by atoms with Gasteiger partial charge in [0.1, 0.15) is 6.29 Å². The summed E-state index contributed by atoms with van der Waals surface area (Å²) >= 11 is 0. The number of imidazole rings is 1. The summed E-state index contributed by atoms with van der Waals surface area (Å²) in [6.45, 7) is 2.39. The first kappa shape index (κ1) is 8.44. The molecule has 1 aliphatic rings. The van der Waals surface area contributed by atoms with Crippen LogP contribution in [0, 0.1) is 0 Å². The number of aromatic nitrogens is 2. The van der Waals surface area contributed by atoms with E-state index >= 15 is 0 Å². The van der Waals surface area contributed by atoms with Gasteiger partial charge in [0.05, 0.1) is 18.6 Å². The van der Waals surface area contributed by atoms with Gasteiger partial charge >= 0.3 is 0 Å². The Morgan fingerprint density at radius 3 is 3.31 bits per heavy atom. The predicted octanol–water partition coefficient (Wildman–Crippen LogP) is 0.0699. The third-order valence-electron chi connectivity index (χ3n) is 2.45. The Kier molecular flexibility index (Phi) is 2.14. The van der Waals surface area contributed by atoms with Crippen LogP contribution in [-0.2, 0) is 24.3 Å². The van der Waals surface area contributed by atoms with Crippen molar-refractivity contribution in [3.63, 3.8) is 0 Å². The number of aldehydes is 1. The summed E-state index contributed by atoms with van der Waals surface area (Å²) < 4.78 is 1.94. The van der Waals surface area contributed by atoms with Crippen molar-refractivity contribution in [2.75, 3.05) is 13.6 Å². The average molecular weight is 179 g/mol. The molecule has 0 aromatic carbocycles. The average Bonchev–Trinajstić information content (AvgIpc) is 2.49. The monoisotopic (exact) mass is 179 g/mol. The zero-order valence-corrected chi connectivity index (χ0v) is 7.73. The molecule has 0 saturated carbocycles. The number of hydrogen-bond acceptors (Lipinski definition) is 3. The molecule has 0 fully saturated rings. The lowest BCUT2D eigenvalue weighted by Gasteiger charge is -2.22. The molecule has 2 heterocycles. The van der Waals surface area contributed by atoms with E-state index in [2.05, 4.69) is 16.9 Å². The molecule has 0 unspecified atom stereocenters. The van der Waals surface area contributed by atoms with Crippen molar-refractivity contribution in [1.82, 2.24) is 14.5 Å². The van der Waals surface area contributed by atoms with Crippen molar-refractivity contribution < 1.29 is 4.79 Å². The number of fused-ring (bicyclic) bond motifs is 1. The van der Waals surface area contributed by atoms with Crippen molar-refractivity contribution in [3.05, 3.63) is 17.7 Å². The van der Waals surface area contributed by atoms with Crippen LogP contribution in [0.2, 0.25) is 0 Å². The maximum Gasteiger partial charge on any atom is 0.139 e. The Labute approximate surface area is 77.2 Å². The summed E-state index contributed by atoms with van der Waals surface area (Å²) in [6.07, 6.45) is 3.68. The maximum atomic E-state index is 10.4. The molecule has 2 rings (SSSR count). The van der Waals surface area contributed by atoms with Crippen LogP contribution in [0.3, 0.4) is 0 Å². The highest BCUT2D eigenvalue weighted by Crippen LogP contribution is 2.15. The van der Waals surface area contributed by atoms with Gasteiger partial charge < -0.3 is 14.3 Å². The van der Waals surface area contributed by atoms with E-state index < -0.39 is 0 Å². The van der Waals surface area contributed by atoms with Crippen molar-refractivity contribution in [1.29, 1.82) is 0 Å². The molecule has 1 aliphatic heterocycles. The van der Waals surface area contributed by atoms with Gasteiger partial charge in [0, 0.05) is 25.2 Å². The van der Waals surface area contributed by atoms with Gasteiger partial charge in [-0.2, -0.15) is 0 Å². The molecular weight excluding hydrogens is 166 g/mol. The molecule has 13 heavy (non-hydrogen) atoms. The topological polar surface area (TPSA) is 38.1 Å². The second kappa shape index (κ2) is 3.30. The van der Waals surface area contributed by atoms with E-state index in [1.165, 1.54) is 5.69 Å². The Morgan fingerprint density at radius 2 is 2.54 bits per heavy atom. The lowest BCUT2D eigenvalue weighted by molar-refractivity contribution is -0.108. The van der Waals surface area contributed by atoms with Crippen LogP contribution in [0.25, 0.3) is 0 Å². The molecule has 0 bridgehead atoms. The van der Waals surface area contributed by atoms with Crippen molar-refractivity contribution in [2.45, 2.75) is 19.5 Å². The lowest BCUT2D eigenvalue weighted by atomic mass is 10.1. The van der Waals surface area contributed by atoms with Crippen molar-refractivity contribution in [2.24, 2.45) is 0 Å². The molecule has 0 aliphatic carbocycles. The molecule has 1 aromatic rings. The number of hydrogen-bond donors (Lipinski definition) is 0. The smallest absolute Gasteiger partial charge is 0.139 e. The van der Waals surface area contributed by atoms with Crippen LogP contribution in [-0.4, -0.2) is 34.3 Å². The molecule has 0 atom stereocenters. The largest absolute Gasteiger partial charge is 0.327 e. The summed E-state index contributed by atoms with van der Waals surface area (Å²) in [5.41, 5.74) is 2.35. The van der Waals surface area contributed by atoms with Crippen LogP contribution < -0.4 is 0 Å². The molecule has 0 radical (unpaired) electrons. The van der Waals surface area contributed by atoms with Gasteiger partial charge in [-0.1, -0.05) is 0 Å². The molecule has 0 N–H and O–H groups in total.